The van der Waals surface area contributed by atoms with E-state index in [2.05, 4.69) is 10.6 Å². The molecule has 7 nitrogen and oxygen atoms in total. The fraction of sp³-hybridized carbons (Fsp3) is 0.364. The van der Waals surface area contributed by atoms with Crippen LogP contribution in [-0.4, -0.2) is 43.1 Å². The summed E-state index contributed by atoms with van der Waals surface area (Å²) in [5, 5.41) is 14.3. The number of carbonyl (C=O) groups excluding carboxylic acids is 2. The van der Waals surface area contributed by atoms with Crippen LogP contribution >= 0.6 is 23.4 Å². The van der Waals surface area contributed by atoms with Crippen LogP contribution in [-0.2, 0) is 9.59 Å². The van der Waals surface area contributed by atoms with Gasteiger partial charge in [-0.3, -0.25) is 9.59 Å². The second-order valence-corrected chi connectivity index (χ2v) is 12.6. The van der Waals surface area contributed by atoms with E-state index in [4.69, 9.17) is 21.4 Å². The number of amides is 2. The van der Waals surface area contributed by atoms with Gasteiger partial charge in [-0.2, -0.15) is 10.1 Å². The summed E-state index contributed by atoms with van der Waals surface area (Å²) >= 11 is 7.60. The van der Waals surface area contributed by atoms with Gasteiger partial charge in [0.2, 0.25) is 5.91 Å². The highest BCUT2D eigenvalue weighted by Gasteiger charge is 2.34. The minimum atomic E-state index is -0.292. The SMILES string of the molecule is COc1ccc(N2N=C(Sc3ccc(Cl)cc3)CC(CC[C@@H](C)NC(=O)C3CCNC[C@@H]3c3ccc(F)cc3)C2=O)cc1. The quantitative estimate of drug-likeness (QED) is 0.280. The number of nitrogens with one attached hydrogen (secondary N) is 2. The Bertz CT molecular complexity index is 1440. The first-order valence-electron chi connectivity index (χ1n) is 14.6. The summed E-state index contributed by atoms with van der Waals surface area (Å²) in [7, 11) is 1.60. The van der Waals surface area contributed by atoms with E-state index in [1.54, 1.807) is 19.2 Å². The van der Waals surface area contributed by atoms with Gasteiger partial charge in [-0.25, -0.2) is 4.39 Å². The standard InChI is InChI=1S/C33H36ClFN4O3S/c1-21(37-32(40)29-17-18-36-20-30(29)22-5-9-25(35)10-6-22)3-4-23-19-31(43-28-15-7-24(34)8-16-28)38-39(33(23)41)26-11-13-27(42-2)14-12-26/h5-16,21,23,29-30,36H,3-4,17-20H2,1-2H3,(H,37,40)/t21-,23?,29?,30-/m1/s1. The Balaban J connectivity index is 1.25. The van der Waals surface area contributed by atoms with Crippen LogP contribution in [0.25, 0.3) is 0 Å². The predicted octanol–water partition coefficient (Wildman–Crippen LogP) is 6.62. The van der Waals surface area contributed by atoms with Crippen LogP contribution in [0.2, 0.25) is 5.02 Å². The summed E-state index contributed by atoms with van der Waals surface area (Å²) in [5.74, 6) is -0.180. The summed E-state index contributed by atoms with van der Waals surface area (Å²) in [6.07, 6.45) is 2.46. The fourth-order valence-corrected chi connectivity index (χ4v) is 6.69. The molecular weight excluding hydrogens is 587 g/mol. The number of rotatable bonds is 9. The molecule has 3 aromatic carbocycles. The van der Waals surface area contributed by atoms with E-state index in [0.29, 0.717) is 48.7 Å². The Kier molecular flexibility index (Phi) is 10.4. The maximum Gasteiger partial charge on any atom is 0.250 e. The molecule has 4 atom stereocenters. The molecule has 0 radical (unpaired) electrons. The molecule has 2 aliphatic heterocycles. The van der Waals surface area contributed by atoms with Gasteiger partial charge in [0.15, 0.2) is 0 Å². The third-order valence-corrected chi connectivity index (χ3v) is 9.25. The third kappa shape index (κ3) is 7.96. The zero-order valence-corrected chi connectivity index (χ0v) is 25.8. The van der Waals surface area contributed by atoms with Gasteiger partial charge in [0.25, 0.3) is 5.91 Å². The van der Waals surface area contributed by atoms with Gasteiger partial charge in [0.1, 0.15) is 11.6 Å². The second-order valence-electron chi connectivity index (χ2n) is 11.0. The first-order chi connectivity index (χ1) is 20.8. The van der Waals surface area contributed by atoms with Crippen molar-refractivity contribution in [2.24, 2.45) is 16.9 Å². The fourth-order valence-electron chi connectivity index (χ4n) is 5.61. The van der Waals surface area contributed by atoms with Gasteiger partial charge < -0.3 is 15.4 Å². The van der Waals surface area contributed by atoms with Crippen molar-refractivity contribution in [2.75, 3.05) is 25.2 Å². The number of ether oxygens (including phenoxy) is 1. The number of benzene rings is 3. The number of piperidine rings is 1. The molecule has 2 N–H and O–H groups in total. The number of thioether (sulfide) groups is 1. The van der Waals surface area contributed by atoms with Crippen molar-refractivity contribution in [3.8, 4) is 5.75 Å². The average molecular weight is 623 g/mol. The Morgan fingerprint density at radius 3 is 2.56 bits per heavy atom. The molecule has 5 rings (SSSR count). The molecule has 43 heavy (non-hydrogen) atoms. The number of hydrogen-bond acceptors (Lipinski definition) is 6. The number of nitrogens with zero attached hydrogens (tertiary/aromatic N) is 2. The lowest BCUT2D eigenvalue weighted by atomic mass is 9.80. The summed E-state index contributed by atoms with van der Waals surface area (Å²) in [5.41, 5.74) is 1.63. The van der Waals surface area contributed by atoms with Crippen LogP contribution in [0.4, 0.5) is 10.1 Å². The van der Waals surface area contributed by atoms with E-state index in [1.807, 2.05) is 55.5 Å². The summed E-state index contributed by atoms with van der Waals surface area (Å²) < 4.78 is 18.8. The van der Waals surface area contributed by atoms with Crippen molar-refractivity contribution in [2.45, 2.75) is 49.5 Å². The van der Waals surface area contributed by atoms with Crippen molar-refractivity contribution < 1.29 is 18.7 Å². The van der Waals surface area contributed by atoms with Crippen LogP contribution in [0.3, 0.4) is 0 Å². The molecule has 0 saturated carbocycles. The molecular formula is C33H36ClFN4O3S. The summed E-state index contributed by atoms with van der Waals surface area (Å²) in [6.45, 7) is 3.41. The topological polar surface area (TPSA) is 83.0 Å². The van der Waals surface area contributed by atoms with Gasteiger partial charge in [-0.15, -0.1) is 0 Å². The molecule has 1 fully saturated rings. The molecule has 0 aromatic heterocycles. The van der Waals surface area contributed by atoms with E-state index in [0.717, 1.165) is 22.0 Å². The molecule has 2 unspecified atom stereocenters. The molecule has 0 spiro atoms. The van der Waals surface area contributed by atoms with Crippen molar-refractivity contribution >= 4 is 45.9 Å². The number of methoxy groups -OCH3 is 1. The molecule has 10 heteroatoms. The molecule has 2 aliphatic rings. The van der Waals surface area contributed by atoms with E-state index < -0.39 is 0 Å². The molecule has 0 bridgehead atoms. The van der Waals surface area contributed by atoms with Crippen molar-refractivity contribution in [3.63, 3.8) is 0 Å². The highest BCUT2D eigenvalue weighted by molar-refractivity contribution is 8.14. The van der Waals surface area contributed by atoms with E-state index >= 15 is 0 Å². The minimum Gasteiger partial charge on any atom is -0.497 e. The van der Waals surface area contributed by atoms with Gasteiger partial charge >= 0.3 is 0 Å². The van der Waals surface area contributed by atoms with Crippen LogP contribution in [0.5, 0.6) is 5.75 Å². The Morgan fingerprint density at radius 1 is 1.14 bits per heavy atom. The second kappa shape index (κ2) is 14.4. The first-order valence-corrected chi connectivity index (χ1v) is 15.8. The van der Waals surface area contributed by atoms with Crippen LogP contribution < -0.4 is 20.4 Å². The Hall–Kier alpha value is -3.40. The largest absolute Gasteiger partial charge is 0.497 e. The monoisotopic (exact) mass is 622 g/mol. The van der Waals surface area contributed by atoms with Gasteiger partial charge in [0.05, 0.1) is 17.8 Å². The molecule has 1 saturated heterocycles. The van der Waals surface area contributed by atoms with Crippen molar-refractivity contribution in [1.82, 2.24) is 10.6 Å². The molecule has 3 aromatic rings. The molecule has 2 heterocycles. The molecule has 226 valence electrons. The predicted molar refractivity (Wildman–Crippen MR) is 170 cm³/mol. The first kappa shape index (κ1) is 31.0. The van der Waals surface area contributed by atoms with Gasteiger partial charge in [-0.05, 0) is 99.0 Å². The highest BCUT2D eigenvalue weighted by Crippen LogP contribution is 2.34. The number of hydrogen-bond donors (Lipinski definition) is 2. The molecule has 2 amide bonds. The third-order valence-electron chi connectivity index (χ3n) is 8.01. The Labute approximate surface area is 261 Å². The minimum absolute atomic E-state index is 0.00120. The van der Waals surface area contributed by atoms with Crippen LogP contribution in [0, 0.1) is 17.7 Å². The number of carbonyl (C=O) groups is 2. The lowest BCUT2D eigenvalue weighted by molar-refractivity contribution is -0.127. The van der Waals surface area contributed by atoms with E-state index in [-0.39, 0.29) is 41.4 Å². The summed E-state index contributed by atoms with van der Waals surface area (Å²) in [6, 6.07) is 21.1. The van der Waals surface area contributed by atoms with Crippen LogP contribution in [0.1, 0.15) is 44.1 Å². The zero-order chi connectivity index (χ0) is 30.3. The van der Waals surface area contributed by atoms with Crippen LogP contribution in [0.15, 0.2) is 82.8 Å². The number of hydrazone groups is 1. The lowest BCUT2D eigenvalue weighted by Crippen LogP contribution is -2.46. The number of anilines is 1. The van der Waals surface area contributed by atoms with Gasteiger partial charge in [-0.1, -0.05) is 35.5 Å². The average Bonchev–Trinajstić information content (AvgIpc) is 3.02. The number of halogens is 2. The van der Waals surface area contributed by atoms with Crippen molar-refractivity contribution in [3.05, 3.63) is 89.2 Å². The van der Waals surface area contributed by atoms with Crippen molar-refractivity contribution in [1.29, 1.82) is 0 Å². The lowest BCUT2D eigenvalue weighted by Gasteiger charge is -2.33. The maximum atomic E-state index is 13.7. The van der Waals surface area contributed by atoms with E-state index in [1.165, 1.54) is 28.9 Å². The van der Waals surface area contributed by atoms with Gasteiger partial charge in [0, 0.05) is 46.7 Å². The Morgan fingerprint density at radius 2 is 1.86 bits per heavy atom. The molecule has 0 aliphatic carbocycles. The summed E-state index contributed by atoms with van der Waals surface area (Å²) in [4.78, 5) is 28.1. The normalized spacial score (nSPS) is 21.2. The van der Waals surface area contributed by atoms with E-state index in [9.17, 15) is 14.0 Å². The smallest absolute Gasteiger partial charge is 0.250 e. The zero-order valence-electron chi connectivity index (χ0n) is 24.3. The maximum absolute atomic E-state index is 13.7. The highest BCUT2D eigenvalue weighted by atomic mass is 35.5.